The summed E-state index contributed by atoms with van der Waals surface area (Å²) in [7, 11) is -4.34. The lowest BCUT2D eigenvalue weighted by Gasteiger charge is -2.35. The second-order valence-electron chi connectivity index (χ2n) is 11.6. The van der Waals surface area contributed by atoms with Crippen molar-refractivity contribution in [1.82, 2.24) is 10.2 Å². The summed E-state index contributed by atoms with van der Waals surface area (Å²) in [5, 5.41) is 3.87. The molecule has 1 atom stereocenters. The zero-order valence-corrected chi connectivity index (χ0v) is 29.2. The van der Waals surface area contributed by atoms with Crippen LogP contribution in [0.5, 0.6) is 0 Å². The molecule has 12 heteroatoms. The first-order valence-electron chi connectivity index (χ1n) is 14.3. The number of anilines is 1. The molecule has 242 valence electrons. The number of benzene rings is 4. The van der Waals surface area contributed by atoms with Crippen LogP contribution in [0, 0.1) is 0 Å². The monoisotopic (exact) mass is 719 g/mol. The van der Waals surface area contributed by atoms with Gasteiger partial charge in [0.1, 0.15) is 12.6 Å². The quantitative estimate of drug-likeness (QED) is 0.170. The fraction of sp³-hybridized carbons (Fsp3) is 0.235. The number of sulfonamides is 1. The summed E-state index contributed by atoms with van der Waals surface area (Å²) >= 11 is 25.3. The summed E-state index contributed by atoms with van der Waals surface area (Å²) in [6.45, 7) is 4.75. The van der Waals surface area contributed by atoms with E-state index in [4.69, 9.17) is 46.4 Å². The van der Waals surface area contributed by atoms with Gasteiger partial charge in [-0.3, -0.25) is 13.9 Å². The summed E-state index contributed by atoms with van der Waals surface area (Å²) in [5.41, 5.74) is 0.777. The lowest BCUT2D eigenvalue weighted by atomic mass is 10.0. The van der Waals surface area contributed by atoms with E-state index < -0.39 is 40.0 Å². The van der Waals surface area contributed by atoms with Crippen molar-refractivity contribution in [3.63, 3.8) is 0 Å². The van der Waals surface area contributed by atoms with Gasteiger partial charge in [0, 0.05) is 23.5 Å². The van der Waals surface area contributed by atoms with Gasteiger partial charge in [-0.1, -0.05) is 101 Å². The Labute approximate surface area is 290 Å². The molecule has 0 fully saturated rings. The van der Waals surface area contributed by atoms with E-state index in [0.717, 1.165) is 9.87 Å². The molecule has 4 rings (SSSR count). The first kappa shape index (κ1) is 35.6. The fourth-order valence-corrected chi connectivity index (χ4v) is 6.95. The third kappa shape index (κ3) is 9.17. The van der Waals surface area contributed by atoms with Crippen LogP contribution in [0.2, 0.25) is 20.1 Å². The van der Waals surface area contributed by atoms with E-state index in [9.17, 15) is 18.0 Å². The highest BCUT2D eigenvalue weighted by Gasteiger charge is 2.36. The Morgan fingerprint density at radius 1 is 0.761 bits per heavy atom. The molecule has 46 heavy (non-hydrogen) atoms. The van der Waals surface area contributed by atoms with Crippen LogP contribution in [0.4, 0.5) is 5.69 Å². The van der Waals surface area contributed by atoms with Gasteiger partial charge in [0.2, 0.25) is 11.8 Å². The summed E-state index contributed by atoms with van der Waals surface area (Å²) in [6.07, 6.45) is 0.152. The van der Waals surface area contributed by atoms with E-state index >= 15 is 0 Å². The van der Waals surface area contributed by atoms with Gasteiger partial charge < -0.3 is 10.2 Å². The highest BCUT2D eigenvalue weighted by atomic mass is 35.5. The number of carbonyl (C=O) groups excluding carboxylic acids is 2. The van der Waals surface area contributed by atoms with Gasteiger partial charge in [-0.25, -0.2) is 8.42 Å². The van der Waals surface area contributed by atoms with Crippen molar-refractivity contribution in [3.05, 3.63) is 128 Å². The largest absolute Gasteiger partial charge is 0.350 e. The molecule has 0 saturated heterocycles. The minimum atomic E-state index is -4.34. The maximum absolute atomic E-state index is 14.6. The lowest BCUT2D eigenvalue weighted by Crippen LogP contribution is -2.56. The van der Waals surface area contributed by atoms with Crippen molar-refractivity contribution in [2.45, 2.75) is 50.2 Å². The molecule has 0 aromatic heterocycles. The Balaban J connectivity index is 1.86. The van der Waals surface area contributed by atoms with E-state index in [1.165, 1.54) is 35.2 Å². The van der Waals surface area contributed by atoms with E-state index in [1.807, 2.05) is 51.1 Å². The van der Waals surface area contributed by atoms with Crippen LogP contribution in [-0.4, -0.2) is 43.3 Å². The van der Waals surface area contributed by atoms with Crippen LogP contribution in [0.3, 0.4) is 0 Å². The molecule has 4 aromatic carbocycles. The van der Waals surface area contributed by atoms with Gasteiger partial charge in [0.05, 0.1) is 25.7 Å². The predicted molar refractivity (Wildman–Crippen MR) is 186 cm³/mol. The molecular weight excluding hydrogens is 688 g/mol. The zero-order valence-electron chi connectivity index (χ0n) is 25.4. The Morgan fingerprint density at radius 3 is 1.98 bits per heavy atom. The van der Waals surface area contributed by atoms with Gasteiger partial charge in [-0.2, -0.15) is 0 Å². The van der Waals surface area contributed by atoms with E-state index in [1.54, 1.807) is 36.4 Å². The van der Waals surface area contributed by atoms with Crippen LogP contribution in [-0.2, 0) is 32.6 Å². The van der Waals surface area contributed by atoms with E-state index in [2.05, 4.69) is 5.32 Å². The standard InChI is InChI=1S/C34H33Cl4N3O4S/c1-34(2,3)39-33(43)31(19-23-10-6-4-7-11-23)40(21-24-14-16-27(36)29(38)18-24)32(42)22-41(30-20-25(35)15-17-28(30)37)46(44,45)26-12-8-5-9-13-26/h4-18,20,31H,19,21-22H2,1-3H3,(H,39,43)/t31-/m0/s1. The molecule has 0 saturated carbocycles. The Hall–Kier alpha value is -3.27. The summed E-state index contributed by atoms with van der Waals surface area (Å²) in [6, 6.07) is 25.2. The van der Waals surface area contributed by atoms with Crippen LogP contribution in [0.15, 0.2) is 102 Å². The van der Waals surface area contributed by atoms with Crippen molar-refractivity contribution in [2.24, 2.45) is 0 Å². The third-order valence-corrected chi connectivity index (χ3v) is 9.96. The second-order valence-corrected chi connectivity index (χ2v) is 15.2. The maximum Gasteiger partial charge on any atom is 0.264 e. The zero-order chi connectivity index (χ0) is 33.6. The van der Waals surface area contributed by atoms with Gasteiger partial charge in [0.15, 0.2) is 0 Å². The Kier molecular flexibility index (Phi) is 11.7. The van der Waals surface area contributed by atoms with Crippen LogP contribution >= 0.6 is 46.4 Å². The summed E-state index contributed by atoms with van der Waals surface area (Å²) in [5.74, 6) is -1.07. The number of carbonyl (C=O) groups is 2. The first-order valence-corrected chi connectivity index (χ1v) is 17.2. The average molecular weight is 722 g/mol. The van der Waals surface area contributed by atoms with Crippen LogP contribution in [0.1, 0.15) is 31.9 Å². The molecule has 0 radical (unpaired) electrons. The van der Waals surface area contributed by atoms with E-state index in [-0.39, 0.29) is 38.6 Å². The normalized spacial score (nSPS) is 12.3. The molecule has 0 bridgehead atoms. The minimum absolute atomic E-state index is 0.0135. The number of halogens is 4. The van der Waals surface area contributed by atoms with Crippen molar-refractivity contribution < 1.29 is 18.0 Å². The highest BCUT2D eigenvalue weighted by Crippen LogP contribution is 2.33. The summed E-state index contributed by atoms with van der Waals surface area (Å²) in [4.78, 5) is 29.8. The number of hydrogen-bond donors (Lipinski definition) is 1. The lowest BCUT2D eigenvalue weighted by molar-refractivity contribution is -0.140. The highest BCUT2D eigenvalue weighted by molar-refractivity contribution is 7.92. The van der Waals surface area contributed by atoms with Gasteiger partial charge >= 0.3 is 0 Å². The van der Waals surface area contributed by atoms with Gasteiger partial charge in [-0.05, 0) is 74.4 Å². The van der Waals surface area contributed by atoms with Crippen molar-refractivity contribution in [3.8, 4) is 0 Å². The predicted octanol–water partition coefficient (Wildman–Crippen LogP) is 8.05. The van der Waals surface area contributed by atoms with Crippen LogP contribution < -0.4 is 9.62 Å². The van der Waals surface area contributed by atoms with Crippen LogP contribution in [0.25, 0.3) is 0 Å². The van der Waals surface area contributed by atoms with E-state index in [0.29, 0.717) is 10.6 Å². The molecule has 0 aliphatic rings. The number of nitrogens with one attached hydrogen (secondary N) is 1. The average Bonchev–Trinajstić information content (AvgIpc) is 3.00. The smallest absolute Gasteiger partial charge is 0.264 e. The van der Waals surface area contributed by atoms with Crippen molar-refractivity contribution in [2.75, 3.05) is 10.8 Å². The van der Waals surface area contributed by atoms with Gasteiger partial charge in [0.25, 0.3) is 10.0 Å². The topological polar surface area (TPSA) is 86.8 Å². The molecule has 0 spiro atoms. The number of nitrogens with zero attached hydrogens (tertiary/aromatic N) is 2. The molecule has 0 aliphatic carbocycles. The number of amides is 2. The Morgan fingerprint density at radius 2 is 1.37 bits per heavy atom. The minimum Gasteiger partial charge on any atom is -0.350 e. The molecule has 7 nitrogen and oxygen atoms in total. The third-order valence-electron chi connectivity index (χ3n) is 6.89. The van der Waals surface area contributed by atoms with Crippen molar-refractivity contribution >= 4 is 73.9 Å². The van der Waals surface area contributed by atoms with Crippen molar-refractivity contribution in [1.29, 1.82) is 0 Å². The first-order chi connectivity index (χ1) is 21.7. The maximum atomic E-state index is 14.6. The fourth-order valence-electron chi connectivity index (χ4n) is 4.75. The summed E-state index contributed by atoms with van der Waals surface area (Å²) < 4.78 is 29.2. The molecule has 0 heterocycles. The molecule has 0 aliphatic heterocycles. The van der Waals surface area contributed by atoms with Gasteiger partial charge in [-0.15, -0.1) is 0 Å². The molecule has 0 unspecified atom stereocenters. The molecule has 1 N–H and O–H groups in total. The molecular formula is C34H33Cl4N3O4S. The molecule has 4 aromatic rings. The molecule has 2 amide bonds. The SMILES string of the molecule is CC(C)(C)NC(=O)[C@H](Cc1ccccc1)N(Cc1ccc(Cl)c(Cl)c1)C(=O)CN(c1cc(Cl)ccc1Cl)S(=O)(=O)c1ccccc1. The second kappa shape index (κ2) is 15.1. The Bertz CT molecular complexity index is 1800. The number of rotatable bonds is 11. The number of hydrogen-bond acceptors (Lipinski definition) is 4.